The van der Waals surface area contributed by atoms with Gasteiger partial charge in [-0.3, -0.25) is 0 Å². The maximum Gasteiger partial charge on any atom is 0.130 e. The summed E-state index contributed by atoms with van der Waals surface area (Å²) in [6, 6.07) is 18.1. The summed E-state index contributed by atoms with van der Waals surface area (Å²) >= 11 is 0. The molecule has 3 heteroatoms. The highest BCUT2D eigenvalue weighted by molar-refractivity contribution is 5.88. The zero-order valence-corrected chi connectivity index (χ0v) is 9.38. The van der Waals surface area contributed by atoms with Crippen LogP contribution < -0.4 is 5.73 Å². The Balaban J connectivity index is 2.04. The predicted molar refractivity (Wildman–Crippen MR) is 69.7 cm³/mol. The molecule has 1 heterocycles. The van der Waals surface area contributed by atoms with Crippen molar-refractivity contribution in [3.05, 3.63) is 60.2 Å². The third-order valence-electron chi connectivity index (χ3n) is 2.86. The number of nitrogens with two attached hydrogens (primary N) is 1. The van der Waals surface area contributed by atoms with Crippen molar-refractivity contribution >= 4 is 16.7 Å². The van der Waals surface area contributed by atoms with E-state index in [1.807, 2.05) is 47.1 Å². The number of anilines is 1. The van der Waals surface area contributed by atoms with E-state index in [2.05, 4.69) is 17.2 Å². The standard InChI is InChI=1S/C14H13N3/c15-14-12-8-4-5-9-13(12)16-17(14)10-11-6-2-1-3-7-11/h1-9H,10,15H2. The highest BCUT2D eigenvalue weighted by Crippen LogP contribution is 2.20. The lowest BCUT2D eigenvalue weighted by atomic mass is 10.2. The summed E-state index contributed by atoms with van der Waals surface area (Å²) in [6.45, 7) is 0.710. The van der Waals surface area contributed by atoms with Crippen LogP contribution >= 0.6 is 0 Å². The first-order chi connectivity index (χ1) is 8.34. The van der Waals surface area contributed by atoms with Gasteiger partial charge in [0.15, 0.2) is 0 Å². The van der Waals surface area contributed by atoms with E-state index in [4.69, 9.17) is 5.73 Å². The lowest BCUT2D eigenvalue weighted by Gasteiger charge is -2.03. The van der Waals surface area contributed by atoms with Crippen molar-refractivity contribution in [2.45, 2.75) is 6.54 Å². The monoisotopic (exact) mass is 223 g/mol. The van der Waals surface area contributed by atoms with Gasteiger partial charge in [0.1, 0.15) is 5.82 Å². The quantitative estimate of drug-likeness (QED) is 0.725. The van der Waals surface area contributed by atoms with Crippen molar-refractivity contribution in [3.63, 3.8) is 0 Å². The number of nitrogens with zero attached hydrogens (tertiary/aromatic N) is 2. The average molecular weight is 223 g/mol. The van der Waals surface area contributed by atoms with Gasteiger partial charge < -0.3 is 5.73 Å². The Hall–Kier alpha value is -2.29. The van der Waals surface area contributed by atoms with Gasteiger partial charge >= 0.3 is 0 Å². The molecule has 2 N–H and O–H groups in total. The average Bonchev–Trinajstić information content (AvgIpc) is 2.68. The van der Waals surface area contributed by atoms with E-state index in [9.17, 15) is 0 Å². The molecule has 3 nitrogen and oxygen atoms in total. The molecule has 0 aliphatic rings. The molecule has 2 aromatic carbocycles. The van der Waals surface area contributed by atoms with Crippen molar-refractivity contribution in [1.29, 1.82) is 0 Å². The van der Waals surface area contributed by atoms with Gasteiger partial charge in [0.25, 0.3) is 0 Å². The van der Waals surface area contributed by atoms with Crippen molar-refractivity contribution in [2.24, 2.45) is 0 Å². The van der Waals surface area contributed by atoms with Gasteiger partial charge in [-0.15, -0.1) is 0 Å². The smallest absolute Gasteiger partial charge is 0.130 e. The summed E-state index contributed by atoms with van der Waals surface area (Å²) < 4.78 is 1.85. The van der Waals surface area contributed by atoms with E-state index in [0.717, 1.165) is 16.7 Å². The number of hydrogen-bond acceptors (Lipinski definition) is 2. The minimum absolute atomic E-state index is 0.710. The Bertz CT molecular complexity index is 641. The minimum Gasteiger partial charge on any atom is -0.383 e. The zero-order chi connectivity index (χ0) is 11.7. The Labute approximate surface area is 99.5 Å². The van der Waals surface area contributed by atoms with Gasteiger partial charge in [-0.2, -0.15) is 5.10 Å². The zero-order valence-electron chi connectivity index (χ0n) is 9.38. The van der Waals surface area contributed by atoms with Crippen LogP contribution in [0.3, 0.4) is 0 Å². The van der Waals surface area contributed by atoms with E-state index in [1.165, 1.54) is 5.56 Å². The van der Waals surface area contributed by atoms with E-state index in [-0.39, 0.29) is 0 Å². The van der Waals surface area contributed by atoms with E-state index < -0.39 is 0 Å². The molecular formula is C14H13N3. The number of benzene rings is 2. The topological polar surface area (TPSA) is 43.8 Å². The van der Waals surface area contributed by atoms with Crippen molar-refractivity contribution < 1.29 is 0 Å². The third kappa shape index (κ3) is 1.76. The molecule has 0 saturated heterocycles. The van der Waals surface area contributed by atoms with Crippen LogP contribution in [0.5, 0.6) is 0 Å². The minimum atomic E-state index is 0.710. The summed E-state index contributed by atoms with van der Waals surface area (Å²) in [5, 5.41) is 5.52. The summed E-state index contributed by atoms with van der Waals surface area (Å²) in [5.74, 6) is 0.726. The molecule has 0 saturated carbocycles. The summed E-state index contributed by atoms with van der Waals surface area (Å²) in [5.41, 5.74) is 8.23. The number of hydrogen-bond donors (Lipinski definition) is 1. The highest BCUT2D eigenvalue weighted by Gasteiger charge is 2.07. The fourth-order valence-electron chi connectivity index (χ4n) is 1.98. The molecule has 17 heavy (non-hydrogen) atoms. The molecule has 1 aromatic heterocycles. The van der Waals surface area contributed by atoms with Gasteiger partial charge in [-0.1, -0.05) is 42.5 Å². The summed E-state index contributed by atoms with van der Waals surface area (Å²) in [6.07, 6.45) is 0. The van der Waals surface area contributed by atoms with E-state index in [1.54, 1.807) is 0 Å². The summed E-state index contributed by atoms with van der Waals surface area (Å²) in [7, 11) is 0. The van der Waals surface area contributed by atoms with E-state index in [0.29, 0.717) is 6.54 Å². The van der Waals surface area contributed by atoms with Crippen LogP contribution in [-0.4, -0.2) is 9.78 Å². The van der Waals surface area contributed by atoms with Gasteiger partial charge in [0.05, 0.1) is 12.1 Å². The fraction of sp³-hybridized carbons (Fsp3) is 0.0714. The molecule has 0 bridgehead atoms. The molecule has 0 atom stereocenters. The molecule has 3 aromatic rings. The molecule has 0 amide bonds. The number of aromatic nitrogens is 2. The Morgan fingerprint density at radius 3 is 2.41 bits per heavy atom. The third-order valence-corrected chi connectivity index (χ3v) is 2.86. The second-order valence-corrected chi connectivity index (χ2v) is 4.05. The molecule has 3 rings (SSSR count). The number of rotatable bonds is 2. The second kappa shape index (κ2) is 3.94. The van der Waals surface area contributed by atoms with Crippen LogP contribution in [0.15, 0.2) is 54.6 Å². The van der Waals surface area contributed by atoms with Gasteiger partial charge in [0, 0.05) is 5.39 Å². The summed E-state index contributed by atoms with van der Waals surface area (Å²) in [4.78, 5) is 0. The number of nitrogen functional groups attached to an aromatic ring is 1. The molecular weight excluding hydrogens is 210 g/mol. The van der Waals surface area contributed by atoms with Gasteiger partial charge in [0.2, 0.25) is 0 Å². The van der Waals surface area contributed by atoms with Crippen molar-refractivity contribution in [2.75, 3.05) is 5.73 Å². The van der Waals surface area contributed by atoms with Crippen LogP contribution in [0, 0.1) is 0 Å². The van der Waals surface area contributed by atoms with Gasteiger partial charge in [-0.05, 0) is 17.7 Å². The lowest BCUT2D eigenvalue weighted by Crippen LogP contribution is -2.05. The van der Waals surface area contributed by atoms with E-state index >= 15 is 0 Å². The lowest BCUT2D eigenvalue weighted by molar-refractivity contribution is 0.706. The highest BCUT2D eigenvalue weighted by atomic mass is 15.3. The second-order valence-electron chi connectivity index (χ2n) is 4.05. The first-order valence-corrected chi connectivity index (χ1v) is 5.59. The predicted octanol–water partition coefficient (Wildman–Crippen LogP) is 2.67. The van der Waals surface area contributed by atoms with Crippen molar-refractivity contribution in [1.82, 2.24) is 9.78 Å². The van der Waals surface area contributed by atoms with Crippen LogP contribution in [0.25, 0.3) is 10.9 Å². The maximum absolute atomic E-state index is 6.09. The first kappa shape index (κ1) is 9.90. The maximum atomic E-state index is 6.09. The molecule has 0 aliphatic heterocycles. The molecule has 0 fully saturated rings. The number of fused-ring (bicyclic) bond motifs is 1. The van der Waals surface area contributed by atoms with Gasteiger partial charge in [-0.25, -0.2) is 4.68 Å². The fourth-order valence-corrected chi connectivity index (χ4v) is 1.98. The molecule has 0 aliphatic carbocycles. The molecule has 84 valence electrons. The van der Waals surface area contributed by atoms with Crippen LogP contribution in [-0.2, 0) is 6.54 Å². The normalized spacial score (nSPS) is 10.8. The molecule has 0 radical (unpaired) electrons. The Kier molecular flexibility index (Phi) is 2.29. The SMILES string of the molecule is Nc1c2ccccc2nn1Cc1ccccc1. The molecule has 0 unspecified atom stereocenters. The largest absolute Gasteiger partial charge is 0.383 e. The Morgan fingerprint density at radius 1 is 0.941 bits per heavy atom. The van der Waals surface area contributed by atoms with Crippen LogP contribution in [0.1, 0.15) is 5.56 Å². The van der Waals surface area contributed by atoms with Crippen LogP contribution in [0.2, 0.25) is 0 Å². The Morgan fingerprint density at radius 2 is 1.65 bits per heavy atom. The molecule has 0 spiro atoms. The first-order valence-electron chi connectivity index (χ1n) is 5.59. The van der Waals surface area contributed by atoms with Crippen molar-refractivity contribution in [3.8, 4) is 0 Å². The van der Waals surface area contributed by atoms with Crippen LogP contribution in [0.4, 0.5) is 5.82 Å².